The number of unbranched alkanes of at least 4 members (excludes halogenated alkanes) is 4. The van der Waals surface area contributed by atoms with Gasteiger partial charge in [0.05, 0.1) is 13.2 Å². The van der Waals surface area contributed by atoms with Crippen LogP contribution in [-0.4, -0.2) is 49.6 Å². The van der Waals surface area contributed by atoms with Crippen molar-refractivity contribution >= 4 is 17.5 Å². The zero-order valence-electron chi connectivity index (χ0n) is 24.5. The number of methoxy groups -OCH3 is 1. The number of benzene rings is 1. The van der Waals surface area contributed by atoms with Crippen molar-refractivity contribution in [3.8, 4) is 5.75 Å². The number of rotatable bonds is 19. The number of hydrogen-bond acceptors (Lipinski definition) is 7. The topological polar surface area (TPSA) is 88.1 Å². The van der Waals surface area contributed by atoms with Gasteiger partial charge in [0, 0.05) is 44.6 Å². The lowest BCUT2D eigenvalue weighted by Crippen LogP contribution is -2.32. The van der Waals surface area contributed by atoms with Crippen LogP contribution >= 0.6 is 0 Å². The Labute approximate surface area is 242 Å². The molecule has 1 saturated heterocycles. The van der Waals surface area contributed by atoms with Gasteiger partial charge in [0.1, 0.15) is 18.1 Å². The molecule has 3 rings (SSSR count). The second-order valence-corrected chi connectivity index (χ2v) is 11.3. The first-order valence-electron chi connectivity index (χ1n) is 15.2. The van der Waals surface area contributed by atoms with Crippen LogP contribution in [0.15, 0.2) is 24.3 Å². The lowest BCUT2D eigenvalue weighted by Gasteiger charge is -2.26. The van der Waals surface area contributed by atoms with Crippen LogP contribution in [0.4, 0.5) is 8.78 Å². The van der Waals surface area contributed by atoms with Crippen molar-refractivity contribution < 1.29 is 42.1 Å². The van der Waals surface area contributed by atoms with Crippen molar-refractivity contribution in [2.24, 2.45) is 11.8 Å². The summed E-state index contributed by atoms with van der Waals surface area (Å²) >= 11 is 0. The van der Waals surface area contributed by atoms with Crippen molar-refractivity contribution in [3.05, 3.63) is 29.8 Å². The van der Waals surface area contributed by atoms with Crippen LogP contribution in [-0.2, 0) is 35.2 Å². The lowest BCUT2D eigenvalue weighted by molar-refractivity contribution is -0.157. The van der Waals surface area contributed by atoms with Gasteiger partial charge in [-0.05, 0) is 55.7 Å². The summed E-state index contributed by atoms with van der Waals surface area (Å²) in [5.41, 5.74) is 0.892. The number of carbonyl (C=O) groups is 3. The molecule has 230 valence electrons. The van der Waals surface area contributed by atoms with E-state index in [0.717, 1.165) is 43.4 Å². The molecule has 7 nitrogen and oxygen atoms in total. The smallest absolute Gasteiger partial charge is 0.306 e. The molecule has 1 aromatic rings. The highest BCUT2D eigenvalue weighted by Crippen LogP contribution is 2.40. The van der Waals surface area contributed by atoms with Crippen LogP contribution in [0.1, 0.15) is 102 Å². The number of ether oxygens (including phenoxy) is 4. The molecule has 1 aliphatic heterocycles. The lowest BCUT2D eigenvalue weighted by atomic mass is 9.84. The van der Waals surface area contributed by atoms with Crippen LogP contribution < -0.4 is 4.74 Å². The number of alkyl halides is 2. The Morgan fingerprint density at radius 2 is 1.78 bits per heavy atom. The maximum absolute atomic E-state index is 14.3. The monoisotopic (exact) mass is 580 g/mol. The van der Waals surface area contributed by atoms with E-state index in [1.165, 1.54) is 0 Å². The molecule has 1 unspecified atom stereocenters. The highest BCUT2D eigenvalue weighted by molar-refractivity contribution is 5.86. The number of halogens is 2. The van der Waals surface area contributed by atoms with Crippen LogP contribution in [0.5, 0.6) is 5.75 Å². The SMILES string of the molecule is CCCCC(F)(F)C(=O)CC[C@H]1[C@H](OC2CCCO2)CC(=O)[C@@H]1CCCCCCC(=O)OCc1ccc(OC)cc1. The molecule has 2 fully saturated rings. The Bertz CT molecular complexity index is 959. The molecule has 0 bridgehead atoms. The van der Waals surface area contributed by atoms with Gasteiger partial charge in [-0.15, -0.1) is 0 Å². The third kappa shape index (κ3) is 10.7. The predicted molar refractivity (Wildman–Crippen MR) is 150 cm³/mol. The molecule has 41 heavy (non-hydrogen) atoms. The Morgan fingerprint density at radius 3 is 2.46 bits per heavy atom. The Hall–Kier alpha value is -2.39. The van der Waals surface area contributed by atoms with Gasteiger partial charge in [-0.3, -0.25) is 14.4 Å². The standard InChI is InChI=1S/C32H46F2O7/c1-3-4-19-32(33,34)29(36)18-17-26-25(27(35)21-28(26)41-31-12-9-20-39-31)10-7-5-6-8-11-30(37)40-22-23-13-15-24(38-2)16-14-23/h13-16,25-26,28,31H,3-12,17-22H2,1-2H3/t25-,26-,28-,31?/m1/s1. The van der Waals surface area contributed by atoms with Gasteiger partial charge >= 0.3 is 11.9 Å². The maximum Gasteiger partial charge on any atom is 0.306 e. The molecule has 0 aromatic heterocycles. The normalized spacial score (nSPS) is 22.7. The molecule has 1 aliphatic carbocycles. The summed E-state index contributed by atoms with van der Waals surface area (Å²) in [5, 5.41) is 0. The minimum atomic E-state index is -3.32. The highest BCUT2D eigenvalue weighted by Gasteiger charge is 2.45. The van der Waals surface area contributed by atoms with Crippen molar-refractivity contribution in [2.45, 2.75) is 122 Å². The van der Waals surface area contributed by atoms with Gasteiger partial charge in [-0.25, -0.2) is 0 Å². The fourth-order valence-corrected chi connectivity index (χ4v) is 5.72. The second-order valence-electron chi connectivity index (χ2n) is 11.3. The molecule has 1 heterocycles. The number of ketones is 2. The fourth-order valence-electron chi connectivity index (χ4n) is 5.72. The summed E-state index contributed by atoms with van der Waals surface area (Å²) in [6, 6.07) is 7.35. The third-order valence-electron chi connectivity index (χ3n) is 8.19. The molecule has 0 amide bonds. The minimum absolute atomic E-state index is 0.0744. The van der Waals surface area contributed by atoms with Crippen molar-refractivity contribution in [1.82, 2.24) is 0 Å². The summed E-state index contributed by atoms with van der Waals surface area (Å²) in [4.78, 5) is 37.4. The van der Waals surface area contributed by atoms with Crippen LogP contribution in [0.2, 0.25) is 0 Å². The summed E-state index contributed by atoms with van der Waals surface area (Å²) < 4.78 is 50.8. The van der Waals surface area contributed by atoms with Gasteiger partial charge in [-0.2, -0.15) is 8.78 Å². The van der Waals surface area contributed by atoms with Gasteiger partial charge in [0.25, 0.3) is 0 Å². The molecule has 1 aromatic carbocycles. The molecule has 9 heteroatoms. The maximum atomic E-state index is 14.3. The van der Waals surface area contributed by atoms with Crippen molar-refractivity contribution in [2.75, 3.05) is 13.7 Å². The predicted octanol–water partition coefficient (Wildman–Crippen LogP) is 6.98. The van der Waals surface area contributed by atoms with Gasteiger partial charge in [0.15, 0.2) is 6.29 Å². The van der Waals surface area contributed by atoms with E-state index in [4.69, 9.17) is 18.9 Å². The van der Waals surface area contributed by atoms with E-state index in [1.807, 2.05) is 31.2 Å². The Kier molecular flexibility index (Phi) is 13.7. The Balaban J connectivity index is 1.42. The van der Waals surface area contributed by atoms with E-state index < -0.39 is 24.2 Å². The van der Waals surface area contributed by atoms with Crippen LogP contribution in [0, 0.1) is 11.8 Å². The van der Waals surface area contributed by atoms with E-state index in [2.05, 4.69) is 0 Å². The molecule has 0 spiro atoms. The first-order valence-corrected chi connectivity index (χ1v) is 15.2. The van der Waals surface area contributed by atoms with Gasteiger partial charge < -0.3 is 18.9 Å². The van der Waals surface area contributed by atoms with Gasteiger partial charge in [-0.1, -0.05) is 44.7 Å². The van der Waals surface area contributed by atoms with Crippen molar-refractivity contribution in [1.29, 1.82) is 0 Å². The van der Waals surface area contributed by atoms with E-state index in [1.54, 1.807) is 7.11 Å². The molecule has 4 atom stereocenters. The number of hydrogen-bond donors (Lipinski definition) is 0. The Morgan fingerprint density at radius 1 is 1.02 bits per heavy atom. The summed E-state index contributed by atoms with van der Waals surface area (Å²) in [6.07, 6.45) is 5.59. The molecule has 2 aliphatic rings. The first kappa shape index (κ1) is 33.1. The second kappa shape index (κ2) is 16.9. The summed E-state index contributed by atoms with van der Waals surface area (Å²) in [6.45, 7) is 2.64. The zero-order valence-corrected chi connectivity index (χ0v) is 24.5. The average Bonchev–Trinajstić information content (AvgIpc) is 3.58. The van der Waals surface area contributed by atoms with Crippen molar-refractivity contribution in [3.63, 3.8) is 0 Å². The summed E-state index contributed by atoms with van der Waals surface area (Å²) in [7, 11) is 1.60. The highest BCUT2D eigenvalue weighted by atomic mass is 19.3. The van der Waals surface area contributed by atoms with Crippen LogP contribution in [0.25, 0.3) is 0 Å². The third-order valence-corrected chi connectivity index (χ3v) is 8.19. The summed E-state index contributed by atoms with van der Waals surface area (Å²) in [5.74, 6) is -4.38. The quantitative estimate of drug-likeness (QED) is 0.129. The molecule has 0 N–H and O–H groups in total. The fraction of sp³-hybridized carbons (Fsp3) is 0.719. The minimum Gasteiger partial charge on any atom is -0.497 e. The first-order chi connectivity index (χ1) is 19.7. The molecule has 0 radical (unpaired) electrons. The number of Topliss-reactive ketones (excluding diaryl/α,β-unsaturated/α-hetero) is 2. The number of carbonyl (C=O) groups excluding carboxylic acids is 3. The van der Waals surface area contributed by atoms with Gasteiger partial charge in [0.2, 0.25) is 5.78 Å². The molecular formula is C32H46F2O7. The largest absolute Gasteiger partial charge is 0.497 e. The number of esters is 1. The van der Waals surface area contributed by atoms with E-state index >= 15 is 0 Å². The van der Waals surface area contributed by atoms with E-state index in [0.29, 0.717) is 38.7 Å². The molecule has 1 saturated carbocycles. The van der Waals surface area contributed by atoms with E-state index in [-0.39, 0.29) is 55.7 Å². The average molecular weight is 581 g/mol. The van der Waals surface area contributed by atoms with Crippen LogP contribution in [0.3, 0.4) is 0 Å². The zero-order chi connectivity index (χ0) is 29.7. The van der Waals surface area contributed by atoms with E-state index in [9.17, 15) is 23.2 Å². The molecular weight excluding hydrogens is 534 g/mol.